The number of benzene rings is 9. The van der Waals surface area contributed by atoms with Gasteiger partial charge in [0.05, 0.1) is 22.1 Å². The first-order valence-electron chi connectivity index (χ1n) is 19.3. The van der Waals surface area contributed by atoms with Crippen LogP contribution >= 0.6 is 0 Å². The lowest BCUT2D eigenvalue weighted by atomic mass is 10.00. The topological polar surface area (TPSA) is 9.86 Å². The van der Waals surface area contributed by atoms with Gasteiger partial charge in [0.2, 0.25) is 0 Å². The highest BCUT2D eigenvalue weighted by atomic mass is 15.0. The first-order chi connectivity index (χ1) is 27.8. The fourth-order valence-corrected chi connectivity index (χ4v) is 8.65. The average Bonchev–Trinajstić information content (AvgIpc) is 3.80. The largest absolute Gasteiger partial charge is 0.309 e. The van der Waals surface area contributed by atoms with Crippen molar-refractivity contribution in [3.63, 3.8) is 0 Å². The van der Waals surface area contributed by atoms with Crippen molar-refractivity contribution in [1.82, 2.24) is 9.13 Å². The van der Waals surface area contributed by atoms with Crippen LogP contribution in [0.2, 0.25) is 0 Å². The van der Waals surface area contributed by atoms with Crippen LogP contribution in [-0.4, -0.2) is 9.13 Å². The Morgan fingerprint density at radius 1 is 0.232 bits per heavy atom. The summed E-state index contributed by atoms with van der Waals surface area (Å²) in [5, 5.41) is 5.00. The zero-order valence-electron chi connectivity index (χ0n) is 30.7. The molecule has 0 fully saturated rings. The molecular weight excluding hydrogens is 677 g/mol. The van der Waals surface area contributed by atoms with Gasteiger partial charge in [-0.25, -0.2) is 0 Å². The number of hydrogen-bond acceptors (Lipinski definition) is 0. The van der Waals surface area contributed by atoms with Crippen molar-refractivity contribution in [2.75, 3.05) is 0 Å². The van der Waals surface area contributed by atoms with E-state index in [-0.39, 0.29) is 0 Å². The summed E-state index contributed by atoms with van der Waals surface area (Å²) >= 11 is 0. The Hall–Kier alpha value is -7.42. The Kier molecular flexibility index (Phi) is 7.53. The van der Waals surface area contributed by atoms with Gasteiger partial charge in [-0.2, -0.15) is 0 Å². The van der Waals surface area contributed by atoms with Gasteiger partial charge in [-0.1, -0.05) is 176 Å². The Morgan fingerprint density at radius 2 is 0.679 bits per heavy atom. The summed E-state index contributed by atoms with van der Waals surface area (Å²) in [5.74, 6) is 0. The van der Waals surface area contributed by atoms with Crippen molar-refractivity contribution in [1.29, 1.82) is 0 Å². The van der Waals surface area contributed by atoms with E-state index >= 15 is 0 Å². The highest BCUT2D eigenvalue weighted by Gasteiger charge is 2.21. The third kappa shape index (κ3) is 5.26. The van der Waals surface area contributed by atoms with Crippen molar-refractivity contribution >= 4 is 43.6 Å². The molecule has 2 aromatic heterocycles. The molecule has 0 radical (unpaired) electrons. The average molecular weight is 713 g/mol. The van der Waals surface area contributed by atoms with Crippen LogP contribution in [0.15, 0.2) is 218 Å². The minimum Gasteiger partial charge on any atom is -0.309 e. The van der Waals surface area contributed by atoms with Crippen LogP contribution in [0, 0.1) is 0 Å². The molecule has 11 rings (SSSR count). The Morgan fingerprint density at radius 3 is 1.27 bits per heavy atom. The van der Waals surface area contributed by atoms with E-state index in [1.54, 1.807) is 0 Å². The molecule has 2 nitrogen and oxygen atoms in total. The summed E-state index contributed by atoms with van der Waals surface area (Å²) in [6.07, 6.45) is 0. The van der Waals surface area contributed by atoms with E-state index in [9.17, 15) is 0 Å². The third-order valence-corrected chi connectivity index (χ3v) is 11.4. The smallest absolute Gasteiger partial charge is 0.0641 e. The maximum absolute atomic E-state index is 2.48. The summed E-state index contributed by atoms with van der Waals surface area (Å²) in [5.41, 5.74) is 16.8. The molecule has 0 unspecified atom stereocenters. The van der Waals surface area contributed by atoms with Crippen molar-refractivity contribution in [3.05, 3.63) is 218 Å². The standard InChI is InChI=1S/C54H36N2/c1-3-12-37(13-4-1)39-22-24-41(25-23-39)42-30-32-45(33-31-42)55-51-21-10-8-19-49(51)53-52(55)35-34-48-47-18-7-9-20-50(47)56(54(48)53)46-17-11-16-44(36-46)43-28-26-40(27-29-43)38-14-5-2-6-15-38/h1-36H. The second kappa shape index (κ2) is 13.2. The van der Waals surface area contributed by atoms with Crippen molar-refractivity contribution in [2.45, 2.75) is 0 Å². The molecule has 11 aromatic rings. The van der Waals surface area contributed by atoms with Gasteiger partial charge < -0.3 is 9.13 Å². The highest BCUT2D eigenvalue weighted by molar-refractivity contribution is 6.26. The molecule has 262 valence electrons. The summed E-state index contributed by atoms with van der Waals surface area (Å²) in [7, 11) is 0. The van der Waals surface area contributed by atoms with Crippen molar-refractivity contribution in [3.8, 4) is 55.9 Å². The quantitative estimate of drug-likeness (QED) is 0.162. The van der Waals surface area contributed by atoms with Crippen LogP contribution in [0.1, 0.15) is 0 Å². The van der Waals surface area contributed by atoms with Crippen LogP contribution in [-0.2, 0) is 0 Å². The number of rotatable bonds is 6. The molecule has 0 atom stereocenters. The summed E-state index contributed by atoms with van der Waals surface area (Å²) in [6.45, 7) is 0. The zero-order chi connectivity index (χ0) is 37.0. The van der Waals surface area contributed by atoms with Crippen LogP contribution < -0.4 is 0 Å². The third-order valence-electron chi connectivity index (χ3n) is 11.4. The van der Waals surface area contributed by atoms with Crippen molar-refractivity contribution < 1.29 is 0 Å². The molecule has 0 saturated carbocycles. The minimum atomic E-state index is 1.14. The minimum absolute atomic E-state index is 1.14. The van der Waals surface area contributed by atoms with E-state index in [0.717, 1.165) is 11.4 Å². The van der Waals surface area contributed by atoms with Crippen LogP contribution in [0.25, 0.3) is 99.5 Å². The molecule has 0 amide bonds. The van der Waals surface area contributed by atoms with Gasteiger partial charge in [-0.05, 0) is 87.0 Å². The fraction of sp³-hybridized carbons (Fsp3) is 0. The molecule has 0 N–H and O–H groups in total. The number of fused-ring (bicyclic) bond motifs is 7. The predicted molar refractivity (Wildman–Crippen MR) is 237 cm³/mol. The lowest BCUT2D eigenvalue weighted by molar-refractivity contribution is 1.17. The molecule has 2 heterocycles. The summed E-state index contributed by atoms with van der Waals surface area (Å²) in [6, 6.07) is 79.3. The molecule has 0 aliphatic heterocycles. The first kappa shape index (κ1) is 32.0. The normalized spacial score (nSPS) is 11.6. The van der Waals surface area contributed by atoms with E-state index in [1.165, 1.54) is 88.1 Å². The van der Waals surface area contributed by atoms with E-state index in [0.29, 0.717) is 0 Å². The van der Waals surface area contributed by atoms with E-state index in [2.05, 4.69) is 228 Å². The van der Waals surface area contributed by atoms with Gasteiger partial charge in [0, 0.05) is 32.9 Å². The number of nitrogens with zero attached hydrogens (tertiary/aromatic N) is 2. The van der Waals surface area contributed by atoms with Gasteiger partial charge in [0.25, 0.3) is 0 Å². The second-order valence-corrected chi connectivity index (χ2v) is 14.5. The SMILES string of the molecule is c1ccc(-c2ccc(-c3ccc(-n4c5ccccc5c5c4ccc4c6ccccc6n(-c6cccc(-c7ccc(-c8ccccc8)cc7)c6)c45)cc3)cc2)cc1. The lowest BCUT2D eigenvalue weighted by Crippen LogP contribution is -1.96. The van der Waals surface area contributed by atoms with Crippen LogP contribution in [0.3, 0.4) is 0 Å². The number of para-hydroxylation sites is 2. The van der Waals surface area contributed by atoms with Crippen LogP contribution in [0.4, 0.5) is 0 Å². The zero-order valence-corrected chi connectivity index (χ0v) is 30.7. The van der Waals surface area contributed by atoms with Gasteiger partial charge >= 0.3 is 0 Å². The molecule has 2 heteroatoms. The maximum atomic E-state index is 2.48. The van der Waals surface area contributed by atoms with Gasteiger partial charge in [-0.3, -0.25) is 0 Å². The van der Waals surface area contributed by atoms with E-state index in [4.69, 9.17) is 0 Å². The molecule has 0 aliphatic carbocycles. The van der Waals surface area contributed by atoms with Gasteiger partial charge in [0.1, 0.15) is 0 Å². The highest BCUT2D eigenvalue weighted by Crippen LogP contribution is 2.42. The van der Waals surface area contributed by atoms with E-state index < -0.39 is 0 Å². The number of hydrogen-bond donors (Lipinski definition) is 0. The molecule has 0 saturated heterocycles. The van der Waals surface area contributed by atoms with Crippen LogP contribution in [0.5, 0.6) is 0 Å². The van der Waals surface area contributed by atoms with Gasteiger partial charge in [-0.15, -0.1) is 0 Å². The van der Waals surface area contributed by atoms with Gasteiger partial charge in [0.15, 0.2) is 0 Å². The molecule has 56 heavy (non-hydrogen) atoms. The summed E-state index contributed by atoms with van der Waals surface area (Å²) < 4.78 is 4.91. The molecule has 0 aliphatic rings. The molecule has 0 spiro atoms. The second-order valence-electron chi connectivity index (χ2n) is 14.5. The lowest BCUT2D eigenvalue weighted by Gasteiger charge is -2.12. The van der Waals surface area contributed by atoms with Crippen molar-refractivity contribution in [2.24, 2.45) is 0 Å². The molecular formula is C54H36N2. The monoisotopic (exact) mass is 712 g/mol. The fourth-order valence-electron chi connectivity index (χ4n) is 8.65. The molecule has 9 aromatic carbocycles. The Bertz CT molecular complexity index is 3190. The van der Waals surface area contributed by atoms with E-state index in [1.807, 2.05) is 0 Å². The molecule has 0 bridgehead atoms. The number of aromatic nitrogens is 2. The Balaban J connectivity index is 1.05. The first-order valence-corrected chi connectivity index (χ1v) is 19.3. The Labute approximate surface area is 325 Å². The predicted octanol–water partition coefficient (Wildman–Crippen LogP) is 14.5. The maximum Gasteiger partial charge on any atom is 0.0641 e. The summed E-state index contributed by atoms with van der Waals surface area (Å²) in [4.78, 5) is 0.